The van der Waals surface area contributed by atoms with Crippen molar-refractivity contribution in [3.05, 3.63) is 67.2 Å². The third-order valence-corrected chi connectivity index (χ3v) is 7.00. The second-order valence-corrected chi connectivity index (χ2v) is 9.10. The molecular formula is C17H20F3NOSi. The molecule has 0 fully saturated rings. The summed E-state index contributed by atoms with van der Waals surface area (Å²) in [6, 6.07) is 8.83. The van der Waals surface area contributed by atoms with E-state index in [1.54, 1.807) is 47.4 Å². The number of hydrogen-bond donors (Lipinski definition) is 0. The van der Waals surface area contributed by atoms with E-state index < -0.39 is 26.6 Å². The molecule has 0 bridgehead atoms. The first-order valence-corrected chi connectivity index (χ1v) is 9.54. The smallest absolute Gasteiger partial charge is 0.312 e. The molecule has 0 aliphatic carbocycles. The van der Waals surface area contributed by atoms with E-state index in [9.17, 15) is 18.0 Å². The van der Waals surface area contributed by atoms with E-state index in [0.717, 1.165) is 0 Å². The van der Waals surface area contributed by atoms with Gasteiger partial charge in [-0.1, -0.05) is 35.3 Å². The van der Waals surface area contributed by atoms with Crippen LogP contribution in [0.5, 0.6) is 0 Å². The quantitative estimate of drug-likeness (QED) is 0.634. The van der Waals surface area contributed by atoms with E-state index in [4.69, 9.17) is 0 Å². The summed E-state index contributed by atoms with van der Waals surface area (Å²) in [6.07, 6.45) is -6.01. The highest BCUT2D eigenvalue weighted by Gasteiger charge is 2.34. The maximum atomic E-state index is 12.6. The molecule has 0 heterocycles. The lowest BCUT2D eigenvalue weighted by atomic mass is 10.2. The second kappa shape index (κ2) is 7.96. The van der Waals surface area contributed by atoms with Crippen LogP contribution in [0, 0.1) is 0 Å². The molecule has 0 saturated heterocycles. The molecule has 0 unspecified atom stereocenters. The van der Waals surface area contributed by atoms with Gasteiger partial charge in [0, 0.05) is 12.2 Å². The Labute approximate surface area is 135 Å². The number of amides is 1. The van der Waals surface area contributed by atoms with Crippen LogP contribution in [-0.2, 0) is 4.79 Å². The second-order valence-electron chi connectivity index (χ2n) is 5.15. The molecular weight excluding hydrogens is 319 g/mol. The highest BCUT2D eigenvalue weighted by atomic mass is 28.3. The average molecular weight is 339 g/mol. The Morgan fingerprint density at radius 2 is 1.61 bits per heavy atom. The van der Waals surface area contributed by atoms with Gasteiger partial charge < -0.3 is 4.90 Å². The average Bonchev–Trinajstić information content (AvgIpc) is 2.51. The standard InChI is InChI=1S/C17H20F3NOSi/c1-4-23(5-2,6-3)13-12-21(15-10-8-7-9-11-15)16(22)14-17(18,19)20/h4-11H,1-3,12-14H2. The number of carbonyl (C=O) groups excluding carboxylic acids is 1. The Kier molecular flexibility index (Phi) is 6.57. The Hall–Kier alpha value is -2.08. The predicted molar refractivity (Wildman–Crippen MR) is 90.6 cm³/mol. The largest absolute Gasteiger partial charge is 0.397 e. The van der Waals surface area contributed by atoms with Crippen molar-refractivity contribution >= 4 is 19.7 Å². The lowest BCUT2D eigenvalue weighted by Crippen LogP contribution is -2.39. The fraction of sp³-hybridized carbons (Fsp3) is 0.235. The SMILES string of the molecule is C=C[Si](C=C)(C=C)CCN(C(=O)CC(F)(F)F)c1ccccc1. The minimum Gasteiger partial charge on any atom is -0.312 e. The lowest BCUT2D eigenvalue weighted by molar-refractivity contribution is -0.151. The van der Waals surface area contributed by atoms with Crippen LogP contribution in [0.1, 0.15) is 6.42 Å². The van der Waals surface area contributed by atoms with Crippen LogP contribution >= 0.6 is 0 Å². The van der Waals surface area contributed by atoms with Gasteiger partial charge in [-0.05, 0) is 18.2 Å². The van der Waals surface area contributed by atoms with E-state index in [1.807, 2.05) is 0 Å². The van der Waals surface area contributed by atoms with Gasteiger partial charge in [-0.3, -0.25) is 4.79 Å². The molecule has 6 heteroatoms. The van der Waals surface area contributed by atoms with E-state index >= 15 is 0 Å². The summed E-state index contributed by atoms with van der Waals surface area (Å²) in [4.78, 5) is 13.3. The van der Waals surface area contributed by atoms with Crippen molar-refractivity contribution in [2.45, 2.75) is 18.6 Å². The number of nitrogens with zero attached hydrogens (tertiary/aromatic N) is 1. The number of rotatable bonds is 8. The van der Waals surface area contributed by atoms with Gasteiger partial charge in [0.2, 0.25) is 5.91 Å². The van der Waals surface area contributed by atoms with E-state index in [-0.39, 0.29) is 6.54 Å². The number of carbonyl (C=O) groups is 1. The van der Waals surface area contributed by atoms with Crippen molar-refractivity contribution < 1.29 is 18.0 Å². The molecule has 0 saturated carbocycles. The number of anilines is 1. The Balaban J connectivity index is 3.01. The van der Waals surface area contributed by atoms with E-state index in [1.165, 1.54) is 4.90 Å². The minimum atomic E-state index is -4.53. The van der Waals surface area contributed by atoms with Gasteiger partial charge in [-0.2, -0.15) is 13.2 Å². The number of para-hydroxylation sites is 1. The zero-order valence-electron chi connectivity index (χ0n) is 12.9. The summed E-state index contributed by atoms with van der Waals surface area (Å²) in [7, 11) is -2.20. The van der Waals surface area contributed by atoms with Gasteiger partial charge in [0.25, 0.3) is 0 Å². The number of benzene rings is 1. The molecule has 23 heavy (non-hydrogen) atoms. The van der Waals surface area contributed by atoms with Crippen molar-refractivity contribution in [1.29, 1.82) is 0 Å². The first kappa shape index (κ1) is 19.0. The molecule has 0 radical (unpaired) electrons. The van der Waals surface area contributed by atoms with Gasteiger partial charge in [0.1, 0.15) is 14.5 Å². The monoisotopic (exact) mass is 339 g/mol. The third kappa shape index (κ3) is 5.56. The molecule has 0 aliphatic rings. The maximum absolute atomic E-state index is 12.6. The molecule has 1 aromatic carbocycles. The normalized spacial score (nSPS) is 11.6. The maximum Gasteiger partial charge on any atom is 0.397 e. The first-order chi connectivity index (χ1) is 10.8. The molecule has 1 rings (SSSR count). The zero-order valence-corrected chi connectivity index (χ0v) is 13.9. The molecule has 124 valence electrons. The zero-order chi connectivity index (χ0) is 17.5. The van der Waals surface area contributed by atoms with Crippen LogP contribution in [-0.4, -0.2) is 26.7 Å². The third-order valence-electron chi connectivity index (χ3n) is 3.63. The highest BCUT2D eigenvalue weighted by Crippen LogP contribution is 2.25. The summed E-state index contributed by atoms with van der Waals surface area (Å²) in [6.45, 7) is 11.5. The molecule has 0 aromatic heterocycles. The van der Waals surface area contributed by atoms with Crippen molar-refractivity contribution in [2.75, 3.05) is 11.4 Å². The van der Waals surface area contributed by atoms with Gasteiger partial charge in [0.05, 0.1) is 0 Å². The summed E-state index contributed by atoms with van der Waals surface area (Å²) >= 11 is 0. The molecule has 0 aliphatic heterocycles. The van der Waals surface area contributed by atoms with Gasteiger partial charge in [0.15, 0.2) is 0 Å². The van der Waals surface area contributed by atoms with Crippen molar-refractivity contribution in [3.63, 3.8) is 0 Å². The Morgan fingerprint density at radius 3 is 2.04 bits per heavy atom. The summed E-state index contributed by atoms with van der Waals surface area (Å²) in [5.41, 5.74) is 5.71. The molecule has 1 aromatic rings. The van der Waals surface area contributed by atoms with Crippen molar-refractivity contribution in [3.8, 4) is 0 Å². The van der Waals surface area contributed by atoms with Crippen LogP contribution in [0.15, 0.2) is 67.2 Å². The van der Waals surface area contributed by atoms with Gasteiger partial charge >= 0.3 is 6.18 Å². The molecule has 2 nitrogen and oxygen atoms in total. The van der Waals surface area contributed by atoms with Crippen LogP contribution < -0.4 is 4.90 Å². The number of alkyl halides is 3. The Morgan fingerprint density at radius 1 is 1.09 bits per heavy atom. The summed E-state index contributed by atoms with van der Waals surface area (Å²) in [5, 5.41) is 0. The van der Waals surface area contributed by atoms with Gasteiger partial charge in [-0.15, -0.1) is 19.7 Å². The molecule has 0 atom stereocenters. The predicted octanol–water partition coefficient (Wildman–Crippen LogP) is 4.60. The number of halogens is 3. The topological polar surface area (TPSA) is 20.3 Å². The van der Waals surface area contributed by atoms with Crippen LogP contribution in [0.2, 0.25) is 6.04 Å². The summed E-state index contributed by atoms with van der Waals surface area (Å²) < 4.78 is 37.7. The van der Waals surface area contributed by atoms with E-state index in [2.05, 4.69) is 19.7 Å². The molecule has 1 amide bonds. The van der Waals surface area contributed by atoms with Crippen molar-refractivity contribution in [2.24, 2.45) is 0 Å². The van der Waals surface area contributed by atoms with Crippen molar-refractivity contribution in [1.82, 2.24) is 0 Å². The molecule has 0 N–H and O–H groups in total. The minimum absolute atomic E-state index is 0.162. The number of hydrogen-bond acceptors (Lipinski definition) is 1. The lowest BCUT2D eigenvalue weighted by Gasteiger charge is -2.27. The van der Waals surface area contributed by atoms with Crippen LogP contribution in [0.25, 0.3) is 0 Å². The van der Waals surface area contributed by atoms with E-state index in [0.29, 0.717) is 11.7 Å². The first-order valence-electron chi connectivity index (χ1n) is 7.10. The van der Waals surface area contributed by atoms with Crippen LogP contribution in [0.4, 0.5) is 18.9 Å². The fourth-order valence-electron chi connectivity index (χ4n) is 2.13. The Bertz CT molecular complexity index is 547. The van der Waals surface area contributed by atoms with Gasteiger partial charge in [-0.25, -0.2) is 0 Å². The van der Waals surface area contributed by atoms with Crippen LogP contribution in [0.3, 0.4) is 0 Å². The summed E-state index contributed by atoms with van der Waals surface area (Å²) in [5.74, 6) is -0.969. The molecule has 0 spiro atoms. The fourth-order valence-corrected chi connectivity index (χ4v) is 3.86. The highest BCUT2D eigenvalue weighted by molar-refractivity contribution is 6.93.